The molecule has 5 nitrogen and oxygen atoms in total. The molecule has 0 aromatic heterocycles. The fraction of sp³-hybridized carbons (Fsp3) is 0.273. The SMILES string of the molecule is COC(=O)C(N)c1ccc(OC(C)=O)cc1. The second kappa shape index (κ2) is 5.27. The first-order valence-corrected chi connectivity index (χ1v) is 4.66. The highest BCUT2D eigenvalue weighted by Gasteiger charge is 2.15. The average molecular weight is 223 g/mol. The lowest BCUT2D eigenvalue weighted by Crippen LogP contribution is -2.22. The van der Waals surface area contributed by atoms with Crippen LogP contribution in [0.3, 0.4) is 0 Å². The molecule has 1 aromatic carbocycles. The summed E-state index contributed by atoms with van der Waals surface area (Å²) < 4.78 is 9.35. The molecule has 0 fully saturated rings. The molecule has 1 aromatic rings. The van der Waals surface area contributed by atoms with Crippen LogP contribution < -0.4 is 10.5 Å². The van der Waals surface area contributed by atoms with Crippen LogP contribution in [0.25, 0.3) is 0 Å². The summed E-state index contributed by atoms with van der Waals surface area (Å²) in [6, 6.07) is 5.54. The van der Waals surface area contributed by atoms with E-state index in [-0.39, 0.29) is 0 Å². The number of carbonyl (C=O) groups excluding carboxylic acids is 2. The van der Waals surface area contributed by atoms with Gasteiger partial charge in [0.1, 0.15) is 11.8 Å². The third kappa shape index (κ3) is 3.06. The monoisotopic (exact) mass is 223 g/mol. The Balaban J connectivity index is 2.78. The van der Waals surface area contributed by atoms with Gasteiger partial charge in [0.2, 0.25) is 0 Å². The Hall–Kier alpha value is -1.88. The first-order valence-electron chi connectivity index (χ1n) is 4.66. The van der Waals surface area contributed by atoms with E-state index in [0.717, 1.165) is 0 Å². The molecule has 0 aliphatic heterocycles. The van der Waals surface area contributed by atoms with E-state index in [0.29, 0.717) is 11.3 Å². The predicted octanol–water partition coefficient (Wildman–Crippen LogP) is 0.785. The molecule has 0 heterocycles. The van der Waals surface area contributed by atoms with Gasteiger partial charge in [0.05, 0.1) is 7.11 Å². The maximum absolute atomic E-state index is 11.1. The molecule has 0 spiro atoms. The van der Waals surface area contributed by atoms with Gasteiger partial charge in [0.15, 0.2) is 0 Å². The Morgan fingerprint density at radius 3 is 2.25 bits per heavy atom. The van der Waals surface area contributed by atoms with Crippen LogP contribution in [0.4, 0.5) is 0 Å². The molecule has 2 N–H and O–H groups in total. The fourth-order valence-electron chi connectivity index (χ4n) is 1.17. The summed E-state index contributed by atoms with van der Waals surface area (Å²) >= 11 is 0. The molecule has 1 unspecified atom stereocenters. The molecule has 86 valence electrons. The molecule has 1 atom stereocenters. The number of ether oxygens (including phenoxy) is 2. The number of nitrogens with two attached hydrogens (primary N) is 1. The Labute approximate surface area is 93.1 Å². The predicted molar refractivity (Wildman–Crippen MR) is 56.7 cm³/mol. The van der Waals surface area contributed by atoms with Crippen molar-refractivity contribution < 1.29 is 19.1 Å². The molecule has 0 aliphatic rings. The number of hydrogen-bond acceptors (Lipinski definition) is 5. The highest BCUT2D eigenvalue weighted by molar-refractivity contribution is 5.77. The van der Waals surface area contributed by atoms with Crippen LogP contribution in [-0.4, -0.2) is 19.0 Å². The summed E-state index contributed by atoms with van der Waals surface area (Å²) in [6.45, 7) is 1.31. The zero-order chi connectivity index (χ0) is 12.1. The second-order valence-electron chi connectivity index (χ2n) is 3.16. The maximum atomic E-state index is 11.1. The molecular formula is C11H13NO4. The van der Waals surface area contributed by atoms with Gasteiger partial charge >= 0.3 is 11.9 Å². The summed E-state index contributed by atoms with van der Waals surface area (Å²) in [5.74, 6) is -0.501. The summed E-state index contributed by atoms with van der Waals surface area (Å²) in [4.78, 5) is 21.8. The molecule has 0 radical (unpaired) electrons. The fourth-order valence-corrected chi connectivity index (χ4v) is 1.17. The highest BCUT2D eigenvalue weighted by Crippen LogP contribution is 2.17. The van der Waals surface area contributed by atoms with Crippen molar-refractivity contribution in [2.45, 2.75) is 13.0 Å². The van der Waals surface area contributed by atoms with E-state index in [2.05, 4.69) is 4.74 Å². The quantitative estimate of drug-likeness (QED) is 0.605. The molecule has 1 rings (SSSR count). The molecule has 16 heavy (non-hydrogen) atoms. The van der Waals surface area contributed by atoms with Gasteiger partial charge in [-0.1, -0.05) is 12.1 Å². The number of carbonyl (C=O) groups is 2. The van der Waals surface area contributed by atoms with Crippen molar-refractivity contribution in [3.8, 4) is 5.75 Å². The van der Waals surface area contributed by atoms with Gasteiger partial charge < -0.3 is 15.2 Å². The minimum atomic E-state index is -0.823. The largest absolute Gasteiger partial charge is 0.468 e. The Morgan fingerprint density at radius 2 is 1.81 bits per heavy atom. The summed E-state index contributed by atoms with van der Waals surface area (Å²) in [5.41, 5.74) is 6.22. The normalized spacial score (nSPS) is 11.7. The van der Waals surface area contributed by atoms with Crippen molar-refractivity contribution in [1.82, 2.24) is 0 Å². The van der Waals surface area contributed by atoms with Crippen molar-refractivity contribution in [3.63, 3.8) is 0 Å². The van der Waals surface area contributed by atoms with E-state index in [9.17, 15) is 9.59 Å². The van der Waals surface area contributed by atoms with Gasteiger partial charge in [-0.2, -0.15) is 0 Å². The van der Waals surface area contributed by atoms with Gasteiger partial charge in [0.25, 0.3) is 0 Å². The topological polar surface area (TPSA) is 78.6 Å². The number of esters is 2. The molecule has 0 saturated heterocycles. The van der Waals surface area contributed by atoms with E-state index >= 15 is 0 Å². The minimum absolute atomic E-state index is 0.398. The van der Waals surface area contributed by atoms with Gasteiger partial charge in [-0.25, -0.2) is 0 Å². The van der Waals surface area contributed by atoms with E-state index in [1.54, 1.807) is 24.3 Å². The second-order valence-corrected chi connectivity index (χ2v) is 3.16. The van der Waals surface area contributed by atoms with E-state index in [1.807, 2.05) is 0 Å². The van der Waals surface area contributed by atoms with Gasteiger partial charge in [-0.3, -0.25) is 9.59 Å². The van der Waals surface area contributed by atoms with Crippen molar-refractivity contribution >= 4 is 11.9 Å². The van der Waals surface area contributed by atoms with Crippen LogP contribution in [-0.2, 0) is 14.3 Å². The van der Waals surface area contributed by atoms with E-state index in [1.165, 1.54) is 14.0 Å². The molecule has 0 aliphatic carbocycles. The minimum Gasteiger partial charge on any atom is -0.468 e. The maximum Gasteiger partial charge on any atom is 0.327 e. The third-order valence-electron chi connectivity index (χ3n) is 1.96. The number of benzene rings is 1. The molecule has 0 amide bonds. The van der Waals surface area contributed by atoms with Crippen LogP contribution in [0, 0.1) is 0 Å². The Kier molecular flexibility index (Phi) is 4.02. The summed E-state index contributed by atoms with van der Waals surface area (Å²) in [6.07, 6.45) is 0. The molecular weight excluding hydrogens is 210 g/mol. The van der Waals surface area contributed by atoms with Crippen molar-refractivity contribution in [3.05, 3.63) is 29.8 Å². The molecule has 5 heteroatoms. The van der Waals surface area contributed by atoms with E-state index in [4.69, 9.17) is 10.5 Å². The van der Waals surface area contributed by atoms with Gasteiger partial charge in [-0.15, -0.1) is 0 Å². The van der Waals surface area contributed by atoms with E-state index < -0.39 is 18.0 Å². The number of hydrogen-bond donors (Lipinski definition) is 1. The van der Waals surface area contributed by atoms with Crippen LogP contribution >= 0.6 is 0 Å². The van der Waals surface area contributed by atoms with Crippen molar-refractivity contribution in [1.29, 1.82) is 0 Å². The lowest BCUT2D eigenvalue weighted by atomic mass is 10.1. The lowest BCUT2D eigenvalue weighted by Gasteiger charge is -2.09. The Bertz CT molecular complexity index is 385. The van der Waals surface area contributed by atoms with Crippen LogP contribution in [0.15, 0.2) is 24.3 Å². The summed E-state index contributed by atoms with van der Waals surface area (Å²) in [5, 5.41) is 0. The number of methoxy groups -OCH3 is 1. The standard InChI is InChI=1S/C11H13NO4/c1-7(13)16-9-5-3-8(4-6-9)10(12)11(14)15-2/h3-6,10H,12H2,1-2H3. The zero-order valence-electron chi connectivity index (χ0n) is 9.10. The Morgan fingerprint density at radius 1 is 1.25 bits per heavy atom. The first-order chi connectivity index (χ1) is 7.54. The third-order valence-corrected chi connectivity index (χ3v) is 1.96. The number of rotatable bonds is 3. The van der Waals surface area contributed by atoms with Gasteiger partial charge in [0, 0.05) is 6.92 Å². The first kappa shape index (κ1) is 12.2. The smallest absolute Gasteiger partial charge is 0.327 e. The van der Waals surface area contributed by atoms with Crippen LogP contribution in [0.2, 0.25) is 0 Å². The summed E-state index contributed by atoms with van der Waals surface area (Å²) in [7, 11) is 1.27. The average Bonchev–Trinajstić information content (AvgIpc) is 2.27. The lowest BCUT2D eigenvalue weighted by molar-refractivity contribution is -0.142. The van der Waals surface area contributed by atoms with Gasteiger partial charge in [-0.05, 0) is 17.7 Å². The highest BCUT2D eigenvalue weighted by atomic mass is 16.5. The van der Waals surface area contributed by atoms with Crippen molar-refractivity contribution in [2.24, 2.45) is 5.73 Å². The van der Waals surface area contributed by atoms with Crippen LogP contribution in [0.1, 0.15) is 18.5 Å². The van der Waals surface area contributed by atoms with Crippen LogP contribution in [0.5, 0.6) is 5.75 Å². The molecule has 0 saturated carbocycles. The molecule has 0 bridgehead atoms. The zero-order valence-corrected chi connectivity index (χ0v) is 9.10. The van der Waals surface area contributed by atoms with Crippen molar-refractivity contribution in [2.75, 3.05) is 7.11 Å².